The highest BCUT2D eigenvalue weighted by atomic mass is 19.2. The van der Waals surface area contributed by atoms with Crippen molar-refractivity contribution in [3.05, 3.63) is 41.2 Å². The number of ether oxygens (including phenoxy) is 1. The minimum atomic E-state index is -0.972. The van der Waals surface area contributed by atoms with E-state index in [1.165, 1.54) is 6.07 Å². The van der Waals surface area contributed by atoms with Gasteiger partial charge in [0.15, 0.2) is 17.3 Å². The smallest absolute Gasteiger partial charge is 0.272 e. The van der Waals surface area contributed by atoms with Gasteiger partial charge in [0.25, 0.3) is 5.91 Å². The van der Waals surface area contributed by atoms with Crippen molar-refractivity contribution >= 4 is 11.8 Å². The molecule has 190 valence electrons. The Morgan fingerprint density at radius 3 is 2.46 bits per heavy atom. The lowest BCUT2D eigenvalue weighted by molar-refractivity contribution is -0.139. The normalized spacial score (nSPS) is 18.1. The molecule has 1 saturated heterocycles. The molecule has 1 aromatic carbocycles. The Morgan fingerprint density at radius 1 is 1.09 bits per heavy atom. The van der Waals surface area contributed by atoms with Crippen molar-refractivity contribution in [2.45, 2.75) is 46.3 Å². The summed E-state index contributed by atoms with van der Waals surface area (Å²) < 4.78 is 34.9. The molecule has 1 atom stereocenters. The monoisotopic (exact) mass is 489 g/mol. The van der Waals surface area contributed by atoms with Crippen molar-refractivity contribution in [2.24, 2.45) is 5.41 Å². The fourth-order valence-electron chi connectivity index (χ4n) is 4.57. The number of imidazole rings is 1. The molecule has 35 heavy (non-hydrogen) atoms. The van der Waals surface area contributed by atoms with Crippen LogP contribution in [0.1, 0.15) is 43.4 Å². The summed E-state index contributed by atoms with van der Waals surface area (Å²) in [6, 6.07) is 2.86. The molecule has 1 unspecified atom stereocenters. The van der Waals surface area contributed by atoms with Crippen molar-refractivity contribution in [1.29, 1.82) is 0 Å². The minimum Gasteiger partial charge on any atom is -0.378 e. The largest absolute Gasteiger partial charge is 0.378 e. The highest BCUT2D eigenvalue weighted by molar-refractivity contribution is 5.98. The average molecular weight is 490 g/mol. The molecule has 0 saturated carbocycles. The first-order chi connectivity index (χ1) is 16.6. The molecule has 1 aromatic heterocycles. The Balaban J connectivity index is 1.70. The van der Waals surface area contributed by atoms with Crippen molar-refractivity contribution in [1.82, 2.24) is 24.7 Å². The van der Waals surface area contributed by atoms with E-state index < -0.39 is 29.0 Å². The third-order valence-electron chi connectivity index (χ3n) is 6.52. The predicted octanol–water partition coefficient (Wildman–Crippen LogP) is 2.67. The van der Waals surface area contributed by atoms with Gasteiger partial charge in [0.1, 0.15) is 11.9 Å². The first-order valence-corrected chi connectivity index (χ1v) is 12.0. The van der Waals surface area contributed by atoms with E-state index in [-0.39, 0.29) is 11.6 Å². The van der Waals surface area contributed by atoms with Crippen LogP contribution in [0.4, 0.5) is 8.78 Å². The summed E-state index contributed by atoms with van der Waals surface area (Å²) in [6.07, 6.45) is 0.817. The maximum absolute atomic E-state index is 14.0. The number of benzene rings is 1. The molecular weight excluding hydrogens is 456 g/mol. The van der Waals surface area contributed by atoms with Crippen LogP contribution in [0.2, 0.25) is 0 Å². The van der Waals surface area contributed by atoms with Gasteiger partial charge in [-0.15, -0.1) is 0 Å². The van der Waals surface area contributed by atoms with Crippen LogP contribution in [0.25, 0.3) is 11.4 Å². The maximum atomic E-state index is 14.0. The standard InChI is InChI=1S/C25H33F2N5O3/c1-25(2,3)21(24(34)31-10-12-35-13-11-31)29-23(33)20-19-15-30(4)8-5-9-32(19)22(28-20)16-6-7-17(26)18(27)14-16/h6-7,14,21H,5,8-13,15H2,1-4H3,(H,29,33). The van der Waals surface area contributed by atoms with Gasteiger partial charge in [-0.25, -0.2) is 13.8 Å². The zero-order valence-electron chi connectivity index (χ0n) is 20.7. The zero-order valence-corrected chi connectivity index (χ0v) is 20.7. The number of aromatic nitrogens is 2. The first kappa shape index (κ1) is 25.2. The van der Waals surface area contributed by atoms with Gasteiger partial charge in [-0.05, 0) is 43.6 Å². The fourth-order valence-corrected chi connectivity index (χ4v) is 4.57. The Hall–Kier alpha value is -2.85. The van der Waals surface area contributed by atoms with Crippen molar-refractivity contribution < 1.29 is 23.1 Å². The van der Waals surface area contributed by atoms with Crippen LogP contribution < -0.4 is 5.32 Å². The Morgan fingerprint density at radius 2 is 1.80 bits per heavy atom. The van der Waals surface area contributed by atoms with E-state index in [1.54, 1.807) is 4.90 Å². The number of nitrogens with one attached hydrogen (secondary N) is 1. The number of carbonyl (C=O) groups excluding carboxylic acids is 2. The highest BCUT2D eigenvalue weighted by Gasteiger charge is 2.37. The third kappa shape index (κ3) is 5.38. The number of carbonyl (C=O) groups is 2. The molecule has 3 heterocycles. The summed E-state index contributed by atoms with van der Waals surface area (Å²) in [6.45, 7) is 9.49. The van der Waals surface area contributed by atoms with Crippen LogP contribution >= 0.6 is 0 Å². The molecule has 10 heteroatoms. The Bertz CT molecular complexity index is 1110. The molecule has 1 N–H and O–H groups in total. The van der Waals surface area contributed by atoms with Crippen molar-refractivity contribution in [2.75, 3.05) is 39.9 Å². The van der Waals surface area contributed by atoms with Gasteiger partial charge in [-0.1, -0.05) is 20.8 Å². The molecule has 2 aliphatic rings. The Labute approximate surface area is 204 Å². The molecule has 1 fully saturated rings. The fraction of sp³-hybridized carbons (Fsp3) is 0.560. The van der Waals surface area contributed by atoms with Gasteiger partial charge in [0, 0.05) is 31.7 Å². The Kier molecular flexibility index (Phi) is 7.23. The van der Waals surface area contributed by atoms with Crippen LogP contribution in [-0.4, -0.2) is 77.1 Å². The van der Waals surface area contributed by atoms with Crippen LogP contribution in [0.5, 0.6) is 0 Å². The number of nitrogens with zero attached hydrogens (tertiary/aromatic N) is 4. The first-order valence-electron chi connectivity index (χ1n) is 12.0. The number of hydrogen-bond donors (Lipinski definition) is 1. The van der Waals surface area contributed by atoms with Gasteiger partial charge in [0.2, 0.25) is 5.91 Å². The number of hydrogen-bond acceptors (Lipinski definition) is 5. The van der Waals surface area contributed by atoms with Gasteiger partial charge in [-0.3, -0.25) is 9.59 Å². The lowest BCUT2D eigenvalue weighted by atomic mass is 9.85. The van der Waals surface area contributed by atoms with E-state index in [2.05, 4.69) is 15.2 Å². The summed E-state index contributed by atoms with van der Waals surface area (Å²) in [4.78, 5) is 35.4. The van der Waals surface area contributed by atoms with E-state index >= 15 is 0 Å². The molecule has 2 amide bonds. The molecule has 4 rings (SSSR count). The molecule has 0 bridgehead atoms. The number of amides is 2. The summed E-state index contributed by atoms with van der Waals surface area (Å²) >= 11 is 0. The topological polar surface area (TPSA) is 79.7 Å². The predicted molar refractivity (Wildman–Crippen MR) is 127 cm³/mol. The summed E-state index contributed by atoms with van der Waals surface area (Å²) in [5.74, 6) is -2.12. The lowest BCUT2D eigenvalue weighted by Gasteiger charge is -2.36. The molecule has 2 aliphatic heterocycles. The summed E-state index contributed by atoms with van der Waals surface area (Å²) in [7, 11) is 1.96. The van der Waals surface area contributed by atoms with Gasteiger partial charge in [-0.2, -0.15) is 0 Å². The highest BCUT2D eigenvalue weighted by Crippen LogP contribution is 2.28. The SMILES string of the molecule is CN1CCCn2c(-c3ccc(F)c(F)c3)nc(C(=O)NC(C(=O)N3CCOCC3)C(C)(C)C)c2C1. The summed E-state index contributed by atoms with van der Waals surface area (Å²) in [5.41, 5.74) is 0.739. The maximum Gasteiger partial charge on any atom is 0.272 e. The zero-order chi connectivity index (χ0) is 25.3. The molecule has 0 radical (unpaired) electrons. The van der Waals surface area contributed by atoms with Crippen molar-refractivity contribution in [3.63, 3.8) is 0 Å². The van der Waals surface area contributed by atoms with E-state index in [0.717, 1.165) is 25.1 Å². The van der Waals surface area contributed by atoms with E-state index in [4.69, 9.17) is 4.74 Å². The second kappa shape index (κ2) is 10.0. The van der Waals surface area contributed by atoms with Crippen molar-refractivity contribution in [3.8, 4) is 11.4 Å². The van der Waals surface area contributed by atoms with E-state index in [0.29, 0.717) is 56.5 Å². The van der Waals surface area contributed by atoms with Crippen LogP contribution in [0.3, 0.4) is 0 Å². The number of halogens is 2. The van der Waals surface area contributed by atoms with Crippen LogP contribution in [-0.2, 0) is 22.6 Å². The lowest BCUT2D eigenvalue weighted by Crippen LogP contribution is -2.56. The quantitative estimate of drug-likeness (QED) is 0.715. The van der Waals surface area contributed by atoms with Gasteiger partial charge >= 0.3 is 0 Å². The third-order valence-corrected chi connectivity index (χ3v) is 6.52. The molecule has 8 nitrogen and oxygen atoms in total. The molecule has 2 aromatic rings. The van der Waals surface area contributed by atoms with Gasteiger partial charge < -0.3 is 24.4 Å². The molecule has 0 aliphatic carbocycles. The average Bonchev–Trinajstić information content (AvgIpc) is 3.05. The molecule has 0 spiro atoms. The number of rotatable bonds is 4. The molecular formula is C25H33F2N5O3. The summed E-state index contributed by atoms with van der Waals surface area (Å²) in [5, 5.41) is 2.94. The second-order valence-electron chi connectivity index (χ2n) is 10.3. The second-order valence-corrected chi connectivity index (χ2v) is 10.3. The van der Waals surface area contributed by atoms with E-state index in [1.807, 2.05) is 32.4 Å². The van der Waals surface area contributed by atoms with Crippen LogP contribution in [0, 0.1) is 17.0 Å². The number of fused-ring (bicyclic) bond motifs is 1. The van der Waals surface area contributed by atoms with Gasteiger partial charge in [0.05, 0.1) is 18.9 Å². The number of morpholine rings is 1. The minimum absolute atomic E-state index is 0.155. The van der Waals surface area contributed by atoms with E-state index in [9.17, 15) is 18.4 Å². The van der Waals surface area contributed by atoms with Crippen LogP contribution in [0.15, 0.2) is 18.2 Å².